The maximum atomic E-state index is 12.2. The molecule has 1 heterocycles. The second-order valence-electron chi connectivity index (χ2n) is 4.28. The molecule has 1 aromatic carbocycles. The Hall–Kier alpha value is -2.59. The van der Waals surface area contributed by atoms with Gasteiger partial charge in [0.2, 0.25) is 0 Å². The molecule has 1 aromatic heterocycles. The third kappa shape index (κ3) is 3.30. The van der Waals surface area contributed by atoms with E-state index in [1.54, 1.807) is 32.2 Å². The average Bonchev–Trinajstić information content (AvgIpc) is 2.49. The van der Waals surface area contributed by atoms with E-state index in [1.165, 1.54) is 12.1 Å². The first-order valence-electron chi connectivity index (χ1n) is 6.00. The number of aryl methyl sites for hydroxylation is 1. The number of rotatable bonds is 4. The zero-order valence-corrected chi connectivity index (χ0v) is 12.3. The Kier molecular flexibility index (Phi) is 4.10. The quantitative estimate of drug-likeness (QED) is 0.933. The summed E-state index contributed by atoms with van der Waals surface area (Å²) in [5.41, 5.74) is 1.36. The predicted octanol–water partition coefficient (Wildman–Crippen LogP) is 2.07. The molecule has 1 N–H and O–H groups in total. The van der Waals surface area contributed by atoms with E-state index >= 15 is 0 Å². The van der Waals surface area contributed by atoms with E-state index in [-0.39, 0.29) is 10.6 Å². The normalized spacial score (nSPS) is 10.7. The number of ether oxygens (including phenoxy) is 1. The molecule has 108 valence electrons. The molecular formula is C14H13N3O3S. The monoisotopic (exact) mass is 303 g/mol. The summed E-state index contributed by atoms with van der Waals surface area (Å²) in [6, 6.07) is 9.56. The number of aromatic nitrogens is 1. The van der Waals surface area contributed by atoms with Crippen LogP contribution in [0, 0.1) is 18.3 Å². The van der Waals surface area contributed by atoms with E-state index in [0.29, 0.717) is 11.4 Å². The zero-order chi connectivity index (χ0) is 15.5. The molecule has 7 heteroatoms. The van der Waals surface area contributed by atoms with Crippen molar-refractivity contribution < 1.29 is 13.2 Å². The fourth-order valence-corrected chi connectivity index (χ4v) is 2.76. The first-order valence-corrected chi connectivity index (χ1v) is 7.48. The number of methoxy groups -OCH3 is 1. The maximum absolute atomic E-state index is 12.2. The van der Waals surface area contributed by atoms with Gasteiger partial charge < -0.3 is 4.74 Å². The highest BCUT2D eigenvalue weighted by Gasteiger charge is 2.16. The van der Waals surface area contributed by atoms with Crippen LogP contribution in [0.5, 0.6) is 5.75 Å². The topological polar surface area (TPSA) is 92.1 Å². The SMILES string of the molecule is COc1ccc(NS(=O)(=O)c2ccc(C#N)nc2)c(C)c1. The number of hydrogen-bond donors (Lipinski definition) is 1. The second-order valence-corrected chi connectivity index (χ2v) is 5.96. The van der Waals surface area contributed by atoms with Crippen molar-refractivity contribution in [2.45, 2.75) is 11.8 Å². The van der Waals surface area contributed by atoms with Crippen LogP contribution in [0.15, 0.2) is 41.4 Å². The van der Waals surface area contributed by atoms with Crippen LogP contribution in [0.2, 0.25) is 0 Å². The third-order valence-electron chi connectivity index (χ3n) is 2.84. The van der Waals surface area contributed by atoms with Crippen LogP contribution in [-0.4, -0.2) is 20.5 Å². The van der Waals surface area contributed by atoms with Crippen molar-refractivity contribution in [1.82, 2.24) is 4.98 Å². The number of nitrogens with zero attached hydrogens (tertiary/aromatic N) is 2. The summed E-state index contributed by atoms with van der Waals surface area (Å²) in [5, 5.41) is 8.66. The molecular weight excluding hydrogens is 290 g/mol. The minimum Gasteiger partial charge on any atom is -0.497 e. The molecule has 0 aliphatic heterocycles. The predicted molar refractivity (Wildman–Crippen MR) is 77.5 cm³/mol. The van der Waals surface area contributed by atoms with Gasteiger partial charge in [0.05, 0.1) is 12.8 Å². The van der Waals surface area contributed by atoms with Gasteiger partial charge in [-0.25, -0.2) is 13.4 Å². The molecule has 0 aliphatic rings. The van der Waals surface area contributed by atoms with Crippen LogP contribution in [0.3, 0.4) is 0 Å². The minimum atomic E-state index is -3.74. The molecule has 0 atom stereocenters. The summed E-state index contributed by atoms with van der Waals surface area (Å²) in [4.78, 5) is 3.75. The van der Waals surface area contributed by atoms with Gasteiger partial charge in [-0.3, -0.25) is 4.72 Å². The zero-order valence-electron chi connectivity index (χ0n) is 11.5. The molecule has 0 saturated carbocycles. The molecule has 0 radical (unpaired) electrons. The number of anilines is 1. The number of nitriles is 1. The van der Waals surface area contributed by atoms with Crippen molar-refractivity contribution in [2.24, 2.45) is 0 Å². The van der Waals surface area contributed by atoms with E-state index in [9.17, 15) is 8.42 Å². The smallest absolute Gasteiger partial charge is 0.263 e. The van der Waals surface area contributed by atoms with Gasteiger partial charge >= 0.3 is 0 Å². The van der Waals surface area contributed by atoms with Crippen molar-refractivity contribution >= 4 is 15.7 Å². The molecule has 0 bridgehead atoms. The van der Waals surface area contributed by atoms with E-state index in [4.69, 9.17) is 10.00 Å². The van der Waals surface area contributed by atoms with Gasteiger partial charge in [-0.1, -0.05) is 0 Å². The molecule has 0 saturated heterocycles. The van der Waals surface area contributed by atoms with Crippen LogP contribution >= 0.6 is 0 Å². The number of nitrogens with one attached hydrogen (secondary N) is 1. The molecule has 6 nitrogen and oxygen atoms in total. The lowest BCUT2D eigenvalue weighted by atomic mass is 10.2. The molecule has 0 amide bonds. The first kappa shape index (κ1) is 14.8. The highest BCUT2D eigenvalue weighted by molar-refractivity contribution is 7.92. The van der Waals surface area contributed by atoms with E-state index in [2.05, 4.69) is 9.71 Å². The van der Waals surface area contributed by atoms with Gasteiger partial charge in [0.1, 0.15) is 22.4 Å². The highest BCUT2D eigenvalue weighted by atomic mass is 32.2. The first-order chi connectivity index (χ1) is 9.96. The standard InChI is InChI=1S/C14H13N3O3S/c1-10-7-12(20-2)4-6-14(10)17-21(18,19)13-5-3-11(8-15)16-9-13/h3-7,9,17H,1-2H3. The van der Waals surface area contributed by atoms with Gasteiger partial charge in [-0.05, 0) is 42.8 Å². The molecule has 2 aromatic rings. The van der Waals surface area contributed by atoms with Gasteiger partial charge in [0.15, 0.2) is 0 Å². The molecule has 2 rings (SSSR count). The van der Waals surface area contributed by atoms with Crippen LogP contribution in [-0.2, 0) is 10.0 Å². The summed E-state index contributed by atoms with van der Waals surface area (Å²) in [6.07, 6.45) is 1.15. The number of benzene rings is 1. The van der Waals surface area contributed by atoms with Gasteiger partial charge in [-0.15, -0.1) is 0 Å². The average molecular weight is 303 g/mol. The number of sulfonamides is 1. The number of pyridine rings is 1. The summed E-state index contributed by atoms with van der Waals surface area (Å²) in [7, 11) is -2.20. The van der Waals surface area contributed by atoms with Crippen molar-refractivity contribution in [1.29, 1.82) is 5.26 Å². The summed E-state index contributed by atoms with van der Waals surface area (Å²) in [6.45, 7) is 1.78. The molecule has 0 fully saturated rings. The van der Waals surface area contributed by atoms with Crippen molar-refractivity contribution in [3.05, 3.63) is 47.8 Å². The van der Waals surface area contributed by atoms with Gasteiger partial charge in [0, 0.05) is 6.20 Å². The molecule has 0 aliphatic carbocycles. The lowest BCUT2D eigenvalue weighted by Gasteiger charge is -2.11. The van der Waals surface area contributed by atoms with Crippen molar-refractivity contribution in [3.63, 3.8) is 0 Å². The van der Waals surface area contributed by atoms with Crippen molar-refractivity contribution in [3.8, 4) is 11.8 Å². The van der Waals surface area contributed by atoms with Crippen LogP contribution in [0.4, 0.5) is 5.69 Å². The Morgan fingerprint density at radius 2 is 2.05 bits per heavy atom. The van der Waals surface area contributed by atoms with Crippen LogP contribution < -0.4 is 9.46 Å². The Bertz CT molecular complexity index is 793. The van der Waals surface area contributed by atoms with Crippen LogP contribution in [0.1, 0.15) is 11.3 Å². The van der Waals surface area contributed by atoms with E-state index in [1.807, 2.05) is 6.07 Å². The van der Waals surface area contributed by atoms with Gasteiger partial charge in [0.25, 0.3) is 10.0 Å². The summed E-state index contributed by atoms with van der Waals surface area (Å²) < 4.78 is 32.0. The Morgan fingerprint density at radius 3 is 2.57 bits per heavy atom. The van der Waals surface area contributed by atoms with Crippen molar-refractivity contribution in [2.75, 3.05) is 11.8 Å². The van der Waals surface area contributed by atoms with Gasteiger partial charge in [-0.2, -0.15) is 5.26 Å². The van der Waals surface area contributed by atoms with E-state index < -0.39 is 10.0 Å². The molecule has 0 unspecified atom stereocenters. The third-order valence-corrected chi connectivity index (χ3v) is 4.19. The Balaban J connectivity index is 2.30. The molecule has 21 heavy (non-hydrogen) atoms. The Morgan fingerprint density at radius 1 is 1.29 bits per heavy atom. The fourth-order valence-electron chi connectivity index (χ4n) is 1.69. The fraction of sp³-hybridized carbons (Fsp3) is 0.143. The maximum Gasteiger partial charge on any atom is 0.263 e. The highest BCUT2D eigenvalue weighted by Crippen LogP contribution is 2.23. The Labute approximate surface area is 123 Å². The lowest BCUT2D eigenvalue weighted by Crippen LogP contribution is -2.14. The van der Waals surface area contributed by atoms with E-state index in [0.717, 1.165) is 11.8 Å². The lowest BCUT2D eigenvalue weighted by molar-refractivity contribution is 0.414. The molecule has 0 spiro atoms. The second kappa shape index (κ2) is 5.81. The minimum absolute atomic E-state index is 0.00304. The van der Waals surface area contributed by atoms with Crippen LogP contribution in [0.25, 0.3) is 0 Å². The number of hydrogen-bond acceptors (Lipinski definition) is 5. The largest absolute Gasteiger partial charge is 0.497 e. The summed E-state index contributed by atoms with van der Waals surface area (Å²) >= 11 is 0. The summed E-state index contributed by atoms with van der Waals surface area (Å²) in [5.74, 6) is 0.649.